The van der Waals surface area contributed by atoms with E-state index in [0.29, 0.717) is 19.8 Å². The number of hydrogen-bond acceptors (Lipinski definition) is 4. The first-order chi connectivity index (χ1) is 10.4. The van der Waals surface area contributed by atoms with Gasteiger partial charge < -0.3 is 14.2 Å². The Balaban J connectivity index is 1.77. The molecule has 0 unspecified atom stereocenters. The highest BCUT2D eigenvalue weighted by Gasteiger charge is 2.31. The van der Waals surface area contributed by atoms with Gasteiger partial charge in [0.1, 0.15) is 11.6 Å². The van der Waals surface area contributed by atoms with Crippen LogP contribution in [0.3, 0.4) is 0 Å². The summed E-state index contributed by atoms with van der Waals surface area (Å²) < 4.78 is 30.5. The summed E-state index contributed by atoms with van der Waals surface area (Å²) in [6.07, 6.45) is 0.190. The Kier molecular flexibility index (Phi) is 4.39. The Morgan fingerprint density at radius 3 is 2.91 bits per heavy atom. The van der Waals surface area contributed by atoms with Crippen molar-refractivity contribution in [1.29, 1.82) is 0 Å². The molecular weight excluding hydrogens is 285 g/mol. The number of hydrogen-bond donors (Lipinski definition) is 0. The highest BCUT2D eigenvalue weighted by Crippen LogP contribution is 2.32. The van der Waals surface area contributed by atoms with Gasteiger partial charge >= 0.3 is 0 Å². The second-order valence-corrected chi connectivity index (χ2v) is 7.12. The van der Waals surface area contributed by atoms with Crippen LogP contribution in [-0.2, 0) is 22.6 Å². The van der Waals surface area contributed by atoms with Gasteiger partial charge in [-0.05, 0) is 17.5 Å². The molecule has 0 saturated carbocycles. The molecule has 0 aliphatic carbocycles. The molecule has 0 radical (unpaired) electrons. The highest BCUT2D eigenvalue weighted by molar-refractivity contribution is 5.42. The first-order valence-electron chi connectivity index (χ1n) is 7.79. The van der Waals surface area contributed by atoms with Crippen molar-refractivity contribution in [3.05, 3.63) is 29.1 Å². The number of rotatable bonds is 2. The first kappa shape index (κ1) is 15.7. The van der Waals surface area contributed by atoms with Gasteiger partial charge in [0.25, 0.3) is 0 Å². The van der Waals surface area contributed by atoms with E-state index in [2.05, 4.69) is 25.7 Å². The maximum absolute atomic E-state index is 13.8. The van der Waals surface area contributed by atoms with Crippen LogP contribution < -0.4 is 4.74 Å². The third-order valence-corrected chi connectivity index (χ3v) is 4.26. The molecule has 0 amide bonds. The quantitative estimate of drug-likeness (QED) is 0.840. The van der Waals surface area contributed by atoms with E-state index in [1.54, 1.807) is 6.07 Å². The van der Waals surface area contributed by atoms with Gasteiger partial charge in [-0.1, -0.05) is 20.8 Å². The van der Waals surface area contributed by atoms with Gasteiger partial charge in [-0.3, -0.25) is 4.90 Å². The second kappa shape index (κ2) is 6.14. The fraction of sp³-hybridized carbons (Fsp3) is 0.647. The third kappa shape index (κ3) is 3.42. The lowest BCUT2D eigenvalue weighted by atomic mass is 9.88. The largest absolute Gasteiger partial charge is 0.467 e. The van der Waals surface area contributed by atoms with E-state index in [-0.39, 0.29) is 24.1 Å². The summed E-state index contributed by atoms with van der Waals surface area (Å²) in [6, 6.07) is 3.07. The minimum absolute atomic E-state index is 0.102. The Labute approximate surface area is 131 Å². The molecule has 0 aromatic heterocycles. The summed E-state index contributed by atoms with van der Waals surface area (Å²) in [6.45, 7) is 10.3. The zero-order valence-corrected chi connectivity index (χ0v) is 13.5. The number of nitrogens with zero attached hydrogens (tertiary/aromatic N) is 1. The second-order valence-electron chi connectivity index (χ2n) is 7.12. The van der Waals surface area contributed by atoms with Crippen molar-refractivity contribution in [2.24, 2.45) is 5.41 Å². The van der Waals surface area contributed by atoms with Gasteiger partial charge in [0.15, 0.2) is 6.79 Å². The Bertz CT molecular complexity index is 541. The number of morpholine rings is 1. The molecule has 0 N–H and O–H groups in total. The number of benzene rings is 1. The molecule has 122 valence electrons. The lowest BCUT2D eigenvalue weighted by Gasteiger charge is -2.39. The average Bonchev–Trinajstić information content (AvgIpc) is 2.46. The van der Waals surface area contributed by atoms with Crippen LogP contribution in [0.2, 0.25) is 0 Å². The van der Waals surface area contributed by atoms with E-state index in [9.17, 15) is 4.39 Å². The zero-order chi connectivity index (χ0) is 15.7. The molecule has 22 heavy (non-hydrogen) atoms. The standard InChI is InChI=1S/C17H24FNO3/c1-17(2,3)15-9-19(4-5-21-15)8-12-6-14(18)7-13-10-20-11-22-16(12)13/h6-7,15H,4-5,8-11H2,1-3H3/t15-/m1/s1. The summed E-state index contributed by atoms with van der Waals surface area (Å²) in [5.41, 5.74) is 1.79. The average molecular weight is 309 g/mol. The van der Waals surface area contributed by atoms with E-state index in [4.69, 9.17) is 14.2 Å². The summed E-state index contributed by atoms with van der Waals surface area (Å²) in [7, 11) is 0. The summed E-state index contributed by atoms with van der Waals surface area (Å²) in [5, 5.41) is 0. The topological polar surface area (TPSA) is 30.9 Å². The van der Waals surface area contributed by atoms with Crippen LogP contribution in [0.5, 0.6) is 5.75 Å². The van der Waals surface area contributed by atoms with Gasteiger partial charge in [-0.15, -0.1) is 0 Å². The predicted molar refractivity (Wildman–Crippen MR) is 81.2 cm³/mol. The molecule has 5 heteroatoms. The normalized spacial score (nSPS) is 23.0. The SMILES string of the molecule is CC(C)(C)[C@H]1CN(Cc2cc(F)cc3c2OCOC3)CCO1. The molecule has 1 aromatic carbocycles. The van der Waals surface area contributed by atoms with Crippen molar-refractivity contribution in [2.45, 2.75) is 40.0 Å². The minimum atomic E-state index is -0.233. The molecule has 2 aliphatic rings. The highest BCUT2D eigenvalue weighted by atomic mass is 19.1. The molecule has 3 rings (SSSR count). The number of fused-ring (bicyclic) bond motifs is 1. The monoisotopic (exact) mass is 309 g/mol. The van der Waals surface area contributed by atoms with E-state index in [1.807, 2.05) is 0 Å². The Hall–Kier alpha value is -1.17. The van der Waals surface area contributed by atoms with Crippen molar-refractivity contribution in [2.75, 3.05) is 26.5 Å². The Morgan fingerprint density at radius 1 is 1.32 bits per heavy atom. The van der Waals surface area contributed by atoms with Crippen LogP contribution in [0.1, 0.15) is 31.9 Å². The summed E-state index contributed by atoms with van der Waals surface area (Å²) in [4.78, 5) is 2.31. The molecule has 2 aliphatic heterocycles. The van der Waals surface area contributed by atoms with Crippen LogP contribution in [0, 0.1) is 11.2 Å². The van der Waals surface area contributed by atoms with Crippen LogP contribution in [-0.4, -0.2) is 37.5 Å². The Morgan fingerprint density at radius 2 is 2.14 bits per heavy atom. The maximum Gasteiger partial charge on any atom is 0.189 e. The summed E-state index contributed by atoms with van der Waals surface area (Å²) >= 11 is 0. The van der Waals surface area contributed by atoms with Gasteiger partial charge in [-0.2, -0.15) is 0 Å². The van der Waals surface area contributed by atoms with Crippen LogP contribution >= 0.6 is 0 Å². The molecule has 1 fully saturated rings. The first-order valence-corrected chi connectivity index (χ1v) is 7.79. The van der Waals surface area contributed by atoms with Crippen molar-refractivity contribution in [1.82, 2.24) is 4.90 Å². The minimum Gasteiger partial charge on any atom is -0.467 e. The molecule has 2 heterocycles. The van der Waals surface area contributed by atoms with Crippen molar-refractivity contribution in [3.63, 3.8) is 0 Å². The van der Waals surface area contributed by atoms with Gasteiger partial charge in [0, 0.05) is 30.8 Å². The molecule has 0 spiro atoms. The lowest BCUT2D eigenvalue weighted by Crippen LogP contribution is -2.47. The van der Waals surface area contributed by atoms with Crippen LogP contribution in [0.15, 0.2) is 12.1 Å². The number of halogens is 1. The van der Waals surface area contributed by atoms with Crippen LogP contribution in [0.25, 0.3) is 0 Å². The molecule has 0 bridgehead atoms. The van der Waals surface area contributed by atoms with E-state index in [1.165, 1.54) is 6.07 Å². The molecule has 1 atom stereocenters. The predicted octanol–water partition coefficient (Wildman–Crippen LogP) is 2.94. The fourth-order valence-corrected chi connectivity index (χ4v) is 2.99. The van der Waals surface area contributed by atoms with Crippen LogP contribution in [0.4, 0.5) is 4.39 Å². The maximum atomic E-state index is 13.8. The molecule has 4 nitrogen and oxygen atoms in total. The summed E-state index contributed by atoms with van der Waals surface area (Å²) in [5.74, 6) is 0.551. The van der Waals surface area contributed by atoms with E-state index >= 15 is 0 Å². The zero-order valence-electron chi connectivity index (χ0n) is 13.5. The van der Waals surface area contributed by atoms with Gasteiger partial charge in [0.05, 0.1) is 19.3 Å². The fourth-order valence-electron chi connectivity index (χ4n) is 2.99. The lowest BCUT2D eigenvalue weighted by molar-refractivity contribution is -0.0821. The molecular formula is C17H24FNO3. The van der Waals surface area contributed by atoms with E-state index in [0.717, 1.165) is 30.0 Å². The van der Waals surface area contributed by atoms with Gasteiger partial charge in [-0.25, -0.2) is 4.39 Å². The van der Waals surface area contributed by atoms with Crippen molar-refractivity contribution < 1.29 is 18.6 Å². The van der Waals surface area contributed by atoms with E-state index < -0.39 is 0 Å². The van der Waals surface area contributed by atoms with Gasteiger partial charge in [0.2, 0.25) is 0 Å². The smallest absolute Gasteiger partial charge is 0.189 e. The number of ether oxygens (including phenoxy) is 3. The van der Waals surface area contributed by atoms with Crippen molar-refractivity contribution in [3.8, 4) is 5.75 Å². The molecule has 1 aromatic rings. The molecule has 1 saturated heterocycles. The van der Waals surface area contributed by atoms with Crippen molar-refractivity contribution >= 4 is 0 Å². The third-order valence-electron chi connectivity index (χ3n) is 4.26.